The molecule has 2 heteroatoms. The number of hydrogen-bond donors (Lipinski definition) is 1. The van der Waals surface area contributed by atoms with Crippen molar-refractivity contribution in [2.24, 2.45) is 0 Å². The Kier molecular flexibility index (Phi) is 4.69. The highest BCUT2D eigenvalue weighted by Crippen LogP contribution is 2.24. The van der Waals surface area contributed by atoms with Gasteiger partial charge in [0.2, 0.25) is 0 Å². The van der Waals surface area contributed by atoms with Crippen LogP contribution in [0.15, 0.2) is 78.9 Å². The topological polar surface area (TPSA) is 21.3 Å². The van der Waals surface area contributed by atoms with Crippen LogP contribution in [0.3, 0.4) is 0 Å². The van der Waals surface area contributed by atoms with E-state index in [1.807, 2.05) is 30.3 Å². The van der Waals surface area contributed by atoms with Crippen LogP contribution in [0.25, 0.3) is 0 Å². The predicted octanol–water partition coefficient (Wildman–Crippen LogP) is 5.24. The molecule has 1 aliphatic rings. The molecule has 1 aliphatic carbocycles. The molecule has 0 heterocycles. The van der Waals surface area contributed by atoms with E-state index >= 15 is 0 Å². The number of benzene rings is 3. The van der Waals surface area contributed by atoms with Crippen molar-refractivity contribution in [1.82, 2.24) is 0 Å². The maximum Gasteiger partial charge on any atom is 0.119 e. The summed E-state index contributed by atoms with van der Waals surface area (Å²) in [5.41, 5.74) is 5.33. The summed E-state index contributed by atoms with van der Waals surface area (Å²) in [7, 11) is 0. The average Bonchev–Trinajstić information content (AvgIpc) is 2.68. The molecule has 0 bridgehead atoms. The first-order valence-electron chi connectivity index (χ1n) is 8.97. The van der Waals surface area contributed by atoms with Crippen LogP contribution in [0.4, 0.5) is 5.69 Å². The van der Waals surface area contributed by atoms with Crippen LogP contribution >= 0.6 is 0 Å². The van der Waals surface area contributed by atoms with Gasteiger partial charge in [0, 0.05) is 11.7 Å². The van der Waals surface area contributed by atoms with Gasteiger partial charge in [0.25, 0.3) is 0 Å². The second-order valence-electron chi connectivity index (χ2n) is 6.65. The van der Waals surface area contributed by atoms with Crippen LogP contribution in [-0.2, 0) is 19.4 Å². The Bertz CT molecular complexity index is 811. The minimum absolute atomic E-state index is 0.506. The summed E-state index contributed by atoms with van der Waals surface area (Å²) in [6.07, 6.45) is 3.44. The lowest BCUT2D eigenvalue weighted by molar-refractivity contribution is 0.306. The van der Waals surface area contributed by atoms with Gasteiger partial charge in [-0.05, 0) is 60.2 Å². The van der Waals surface area contributed by atoms with Gasteiger partial charge in [0.15, 0.2) is 0 Å². The van der Waals surface area contributed by atoms with E-state index in [1.54, 1.807) is 0 Å². The van der Waals surface area contributed by atoms with E-state index in [-0.39, 0.29) is 0 Å². The van der Waals surface area contributed by atoms with E-state index in [2.05, 4.69) is 53.8 Å². The van der Waals surface area contributed by atoms with Crippen LogP contribution in [-0.4, -0.2) is 6.04 Å². The Labute approximate surface area is 149 Å². The Balaban J connectivity index is 1.33. The molecular formula is C23H23NO. The van der Waals surface area contributed by atoms with Crippen molar-refractivity contribution in [3.8, 4) is 5.75 Å². The zero-order valence-corrected chi connectivity index (χ0v) is 14.3. The molecule has 1 N–H and O–H groups in total. The van der Waals surface area contributed by atoms with Crippen molar-refractivity contribution >= 4 is 5.69 Å². The summed E-state index contributed by atoms with van der Waals surface area (Å²) >= 11 is 0. The summed E-state index contributed by atoms with van der Waals surface area (Å²) in [5, 5.41) is 3.67. The molecule has 1 unspecified atom stereocenters. The third-order valence-electron chi connectivity index (χ3n) is 4.82. The highest BCUT2D eigenvalue weighted by atomic mass is 16.5. The van der Waals surface area contributed by atoms with Gasteiger partial charge >= 0.3 is 0 Å². The number of fused-ring (bicyclic) bond motifs is 1. The van der Waals surface area contributed by atoms with E-state index in [0.717, 1.165) is 24.3 Å². The second-order valence-corrected chi connectivity index (χ2v) is 6.65. The minimum Gasteiger partial charge on any atom is -0.489 e. The van der Waals surface area contributed by atoms with E-state index in [9.17, 15) is 0 Å². The smallest absolute Gasteiger partial charge is 0.119 e. The molecule has 0 saturated heterocycles. The maximum atomic E-state index is 5.86. The van der Waals surface area contributed by atoms with Gasteiger partial charge in [-0.2, -0.15) is 0 Å². The van der Waals surface area contributed by atoms with Crippen molar-refractivity contribution in [1.29, 1.82) is 0 Å². The highest BCUT2D eigenvalue weighted by molar-refractivity contribution is 5.48. The molecule has 0 fully saturated rings. The number of anilines is 1. The molecule has 3 aromatic carbocycles. The molecule has 0 aliphatic heterocycles. The first-order valence-corrected chi connectivity index (χ1v) is 8.97. The van der Waals surface area contributed by atoms with Crippen molar-refractivity contribution in [2.45, 2.75) is 31.9 Å². The fourth-order valence-corrected chi connectivity index (χ4v) is 3.44. The first kappa shape index (κ1) is 15.8. The maximum absolute atomic E-state index is 5.86. The number of rotatable bonds is 5. The molecule has 0 spiro atoms. The molecule has 0 radical (unpaired) electrons. The third kappa shape index (κ3) is 4.03. The van der Waals surface area contributed by atoms with Crippen molar-refractivity contribution in [3.05, 3.63) is 95.6 Å². The molecular weight excluding hydrogens is 306 g/mol. The van der Waals surface area contributed by atoms with Crippen LogP contribution < -0.4 is 10.1 Å². The van der Waals surface area contributed by atoms with E-state index < -0.39 is 0 Å². The van der Waals surface area contributed by atoms with Crippen LogP contribution in [0.1, 0.15) is 23.1 Å². The summed E-state index contributed by atoms with van der Waals surface area (Å²) < 4.78 is 5.86. The number of nitrogens with one attached hydrogen (secondary N) is 1. The molecule has 3 aromatic rings. The summed E-state index contributed by atoms with van der Waals surface area (Å²) in [6, 6.07) is 27.9. The number of hydrogen-bond acceptors (Lipinski definition) is 2. The van der Waals surface area contributed by atoms with Gasteiger partial charge < -0.3 is 10.1 Å². The van der Waals surface area contributed by atoms with Crippen LogP contribution in [0, 0.1) is 0 Å². The molecule has 2 nitrogen and oxygen atoms in total. The fourth-order valence-electron chi connectivity index (χ4n) is 3.44. The zero-order valence-electron chi connectivity index (χ0n) is 14.3. The Hall–Kier alpha value is -2.74. The standard InChI is InChI=1S/C23H23NO/c1-2-6-18(7-3-1)17-25-23-14-12-21(13-15-23)24-22-11-10-19-8-4-5-9-20(19)16-22/h1-9,12-15,22,24H,10-11,16-17H2. The lowest BCUT2D eigenvalue weighted by Crippen LogP contribution is -2.27. The average molecular weight is 329 g/mol. The summed E-state index contributed by atoms with van der Waals surface area (Å²) in [6.45, 7) is 0.604. The lowest BCUT2D eigenvalue weighted by Gasteiger charge is -2.26. The Morgan fingerprint density at radius 3 is 2.32 bits per heavy atom. The van der Waals surface area contributed by atoms with Crippen molar-refractivity contribution < 1.29 is 4.74 Å². The SMILES string of the molecule is c1ccc(COc2ccc(NC3CCc4ccccc4C3)cc2)cc1. The summed E-state index contributed by atoms with van der Waals surface area (Å²) in [4.78, 5) is 0. The number of ether oxygens (including phenoxy) is 1. The predicted molar refractivity (Wildman–Crippen MR) is 103 cm³/mol. The quantitative estimate of drug-likeness (QED) is 0.691. The Morgan fingerprint density at radius 1 is 0.800 bits per heavy atom. The molecule has 0 aromatic heterocycles. The zero-order chi connectivity index (χ0) is 16.9. The lowest BCUT2D eigenvalue weighted by atomic mass is 9.88. The van der Waals surface area contributed by atoms with Gasteiger partial charge in [0.05, 0.1) is 0 Å². The molecule has 25 heavy (non-hydrogen) atoms. The van der Waals surface area contributed by atoms with Crippen molar-refractivity contribution in [2.75, 3.05) is 5.32 Å². The van der Waals surface area contributed by atoms with Gasteiger partial charge in [-0.3, -0.25) is 0 Å². The fraction of sp³-hybridized carbons (Fsp3) is 0.217. The molecule has 126 valence electrons. The third-order valence-corrected chi connectivity index (χ3v) is 4.82. The van der Waals surface area contributed by atoms with Crippen molar-refractivity contribution in [3.63, 3.8) is 0 Å². The van der Waals surface area contributed by atoms with Crippen LogP contribution in [0.5, 0.6) is 5.75 Å². The largest absolute Gasteiger partial charge is 0.489 e. The molecule has 1 atom stereocenters. The Morgan fingerprint density at radius 2 is 1.52 bits per heavy atom. The molecule has 0 amide bonds. The first-order chi connectivity index (χ1) is 12.4. The second kappa shape index (κ2) is 7.43. The van der Waals surface area contributed by atoms with Gasteiger partial charge in [0.1, 0.15) is 12.4 Å². The normalized spacial score (nSPS) is 16.1. The highest BCUT2D eigenvalue weighted by Gasteiger charge is 2.17. The van der Waals surface area contributed by atoms with Gasteiger partial charge in [-0.1, -0.05) is 54.6 Å². The minimum atomic E-state index is 0.506. The molecule has 0 saturated carbocycles. The van der Waals surface area contributed by atoms with Gasteiger partial charge in [-0.15, -0.1) is 0 Å². The number of aryl methyl sites for hydroxylation is 1. The molecule has 4 rings (SSSR count). The summed E-state index contributed by atoms with van der Waals surface area (Å²) in [5.74, 6) is 0.906. The van der Waals surface area contributed by atoms with Crippen LogP contribution in [0.2, 0.25) is 0 Å². The van der Waals surface area contributed by atoms with E-state index in [4.69, 9.17) is 4.74 Å². The van der Waals surface area contributed by atoms with Gasteiger partial charge in [-0.25, -0.2) is 0 Å². The van der Waals surface area contributed by atoms with E-state index in [1.165, 1.54) is 23.1 Å². The van der Waals surface area contributed by atoms with E-state index in [0.29, 0.717) is 12.6 Å². The monoisotopic (exact) mass is 329 g/mol.